The molecule has 5 nitrogen and oxygen atoms in total. The van der Waals surface area contributed by atoms with Crippen molar-refractivity contribution in [2.24, 2.45) is 10.7 Å². The molecule has 0 unspecified atom stereocenters. The SMILES string of the molecule is Cc1cc(F)c([C@]2(C)C[C@@H](C(F)(F)F)OC(N)=N2)cc1C#Cc1ncc(C#N)cc1Cl. The molecule has 0 bridgehead atoms. The van der Waals surface area contributed by atoms with Crippen molar-refractivity contribution in [2.45, 2.75) is 38.1 Å². The third kappa shape index (κ3) is 4.73. The van der Waals surface area contributed by atoms with Gasteiger partial charge in [-0.3, -0.25) is 0 Å². The normalized spacial score (nSPS) is 20.7. The Kier molecular flexibility index (Phi) is 5.84. The summed E-state index contributed by atoms with van der Waals surface area (Å²) >= 11 is 6.06. The Morgan fingerprint density at radius 1 is 1.29 bits per heavy atom. The molecule has 2 heterocycles. The fourth-order valence-electron chi connectivity index (χ4n) is 3.15. The molecule has 0 spiro atoms. The molecular weight excluding hydrogens is 436 g/mol. The van der Waals surface area contributed by atoms with Gasteiger partial charge in [0, 0.05) is 23.7 Å². The molecule has 0 fully saturated rings. The lowest BCUT2D eigenvalue weighted by Gasteiger charge is -2.36. The largest absolute Gasteiger partial charge is 0.452 e. The van der Waals surface area contributed by atoms with Crippen molar-refractivity contribution in [2.75, 3.05) is 0 Å². The number of nitrogens with two attached hydrogens (primary N) is 1. The maximum Gasteiger partial charge on any atom is 0.425 e. The van der Waals surface area contributed by atoms with E-state index in [-0.39, 0.29) is 21.8 Å². The zero-order valence-corrected chi connectivity index (χ0v) is 17.1. The van der Waals surface area contributed by atoms with Crippen molar-refractivity contribution >= 4 is 17.6 Å². The first kappa shape index (κ1) is 22.4. The molecule has 1 aliphatic rings. The van der Waals surface area contributed by atoms with Gasteiger partial charge in [-0.25, -0.2) is 14.4 Å². The van der Waals surface area contributed by atoms with Crippen LogP contribution in [0.4, 0.5) is 17.6 Å². The number of hydrogen-bond acceptors (Lipinski definition) is 5. The van der Waals surface area contributed by atoms with Crippen LogP contribution in [0, 0.1) is 35.9 Å². The van der Waals surface area contributed by atoms with Gasteiger partial charge in [0.1, 0.15) is 17.6 Å². The Morgan fingerprint density at radius 2 is 2.00 bits per heavy atom. The van der Waals surface area contributed by atoms with Gasteiger partial charge in [-0.15, -0.1) is 0 Å². The molecule has 31 heavy (non-hydrogen) atoms. The van der Waals surface area contributed by atoms with Crippen LogP contribution in [0.15, 0.2) is 29.4 Å². The Hall–Kier alpha value is -3.30. The van der Waals surface area contributed by atoms with Crippen LogP contribution in [0.3, 0.4) is 0 Å². The number of nitriles is 1. The molecule has 2 aromatic rings. The minimum absolute atomic E-state index is 0.0956. The van der Waals surface area contributed by atoms with Crippen molar-refractivity contribution in [1.82, 2.24) is 4.98 Å². The predicted octanol–water partition coefficient (Wildman–Crippen LogP) is 4.34. The van der Waals surface area contributed by atoms with Gasteiger partial charge in [0.15, 0.2) is 6.10 Å². The van der Waals surface area contributed by atoms with Crippen LogP contribution in [-0.4, -0.2) is 23.3 Å². The number of ether oxygens (including phenoxy) is 1. The number of rotatable bonds is 1. The summed E-state index contributed by atoms with van der Waals surface area (Å²) in [6.45, 7) is 2.96. The smallest absolute Gasteiger partial charge is 0.425 e. The molecule has 0 amide bonds. The average Bonchev–Trinajstić information content (AvgIpc) is 2.66. The first-order valence-electron chi connectivity index (χ1n) is 8.90. The van der Waals surface area contributed by atoms with E-state index in [4.69, 9.17) is 22.6 Å². The molecule has 0 saturated heterocycles. The molecule has 1 aliphatic heterocycles. The topological polar surface area (TPSA) is 84.3 Å². The molecule has 2 N–H and O–H groups in total. The number of aryl methyl sites for hydroxylation is 1. The maximum absolute atomic E-state index is 14.8. The highest BCUT2D eigenvalue weighted by atomic mass is 35.5. The molecule has 0 aliphatic carbocycles. The highest BCUT2D eigenvalue weighted by Gasteiger charge is 2.50. The monoisotopic (exact) mass is 450 g/mol. The second kappa shape index (κ2) is 8.09. The Morgan fingerprint density at radius 3 is 2.61 bits per heavy atom. The van der Waals surface area contributed by atoms with Gasteiger partial charge in [0.25, 0.3) is 6.02 Å². The minimum atomic E-state index is -4.69. The lowest BCUT2D eigenvalue weighted by Crippen LogP contribution is -2.46. The number of benzene rings is 1. The van der Waals surface area contributed by atoms with Crippen LogP contribution < -0.4 is 5.73 Å². The van der Waals surface area contributed by atoms with Gasteiger partial charge in [0.05, 0.1) is 16.1 Å². The van der Waals surface area contributed by atoms with E-state index in [1.807, 2.05) is 6.07 Å². The van der Waals surface area contributed by atoms with E-state index in [2.05, 4.69) is 26.6 Å². The molecule has 10 heteroatoms. The molecule has 1 aromatic carbocycles. The maximum atomic E-state index is 14.8. The molecule has 1 aromatic heterocycles. The van der Waals surface area contributed by atoms with Crippen molar-refractivity contribution in [1.29, 1.82) is 5.26 Å². The summed E-state index contributed by atoms with van der Waals surface area (Å²) in [5, 5.41) is 9.03. The third-order valence-corrected chi connectivity index (χ3v) is 5.04. The van der Waals surface area contributed by atoms with Crippen LogP contribution in [0.5, 0.6) is 0 Å². The number of halogens is 5. The van der Waals surface area contributed by atoms with E-state index >= 15 is 0 Å². The molecule has 3 rings (SSSR count). The summed E-state index contributed by atoms with van der Waals surface area (Å²) in [6, 6.07) is 5.14. The molecule has 0 saturated carbocycles. The number of aliphatic imine (C=N–C) groups is 1. The van der Waals surface area contributed by atoms with Gasteiger partial charge in [0.2, 0.25) is 0 Å². The van der Waals surface area contributed by atoms with Gasteiger partial charge in [-0.05, 0) is 43.5 Å². The van der Waals surface area contributed by atoms with E-state index in [1.165, 1.54) is 31.3 Å². The zero-order valence-electron chi connectivity index (χ0n) is 16.3. The highest BCUT2D eigenvalue weighted by molar-refractivity contribution is 6.31. The first-order chi connectivity index (χ1) is 14.4. The van der Waals surface area contributed by atoms with Crippen molar-refractivity contribution in [3.8, 4) is 17.9 Å². The second-order valence-electron chi connectivity index (χ2n) is 7.14. The van der Waals surface area contributed by atoms with Gasteiger partial charge in [-0.2, -0.15) is 18.4 Å². The van der Waals surface area contributed by atoms with E-state index in [0.717, 1.165) is 0 Å². The fourth-order valence-corrected chi connectivity index (χ4v) is 3.37. The molecular formula is C21H15ClF4N4O. The minimum Gasteiger partial charge on any atom is -0.452 e. The van der Waals surface area contributed by atoms with E-state index in [9.17, 15) is 17.6 Å². The van der Waals surface area contributed by atoms with Crippen LogP contribution >= 0.6 is 11.6 Å². The van der Waals surface area contributed by atoms with Crippen LogP contribution in [0.2, 0.25) is 5.02 Å². The molecule has 0 radical (unpaired) electrons. The van der Waals surface area contributed by atoms with E-state index < -0.39 is 36.1 Å². The molecule has 160 valence electrons. The van der Waals surface area contributed by atoms with Crippen LogP contribution in [0.25, 0.3) is 0 Å². The summed E-state index contributed by atoms with van der Waals surface area (Å²) < 4.78 is 59.1. The van der Waals surface area contributed by atoms with Gasteiger partial charge >= 0.3 is 6.18 Å². The third-order valence-electron chi connectivity index (χ3n) is 4.75. The Bertz CT molecular complexity index is 1180. The van der Waals surface area contributed by atoms with Crippen molar-refractivity contribution in [3.05, 3.63) is 63.2 Å². The number of aromatic nitrogens is 1. The van der Waals surface area contributed by atoms with Crippen LogP contribution in [0.1, 0.15) is 41.3 Å². The highest BCUT2D eigenvalue weighted by Crippen LogP contribution is 2.41. The summed E-state index contributed by atoms with van der Waals surface area (Å²) in [4.78, 5) is 7.95. The average molecular weight is 451 g/mol. The summed E-state index contributed by atoms with van der Waals surface area (Å²) in [5.74, 6) is 4.80. The lowest BCUT2D eigenvalue weighted by atomic mass is 9.84. The van der Waals surface area contributed by atoms with Crippen molar-refractivity contribution in [3.63, 3.8) is 0 Å². The standard InChI is InChI=1S/C21H15ClF4N4O/c1-11-5-16(23)14(20(2)8-18(21(24,25)26)31-19(28)30-20)7-13(11)3-4-17-15(22)6-12(9-27)10-29-17/h5-7,10,18H,8H2,1-2H3,(H2,28,30)/t18-,20-/m0/s1. The number of amidine groups is 1. The van der Waals surface area contributed by atoms with E-state index in [0.29, 0.717) is 11.1 Å². The Labute approximate surface area is 180 Å². The number of pyridine rings is 1. The number of hydrogen-bond donors (Lipinski definition) is 1. The lowest BCUT2D eigenvalue weighted by molar-refractivity contribution is -0.208. The number of alkyl halides is 3. The first-order valence-corrected chi connectivity index (χ1v) is 9.28. The predicted molar refractivity (Wildman–Crippen MR) is 106 cm³/mol. The molecule has 2 atom stereocenters. The second-order valence-corrected chi connectivity index (χ2v) is 7.55. The van der Waals surface area contributed by atoms with E-state index in [1.54, 1.807) is 6.92 Å². The number of nitrogens with zero attached hydrogens (tertiary/aromatic N) is 3. The summed E-state index contributed by atoms with van der Waals surface area (Å²) in [6.07, 6.45) is -6.25. The Balaban J connectivity index is 2.05. The van der Waals surface area contributed by atoms with Crippen LogP contribution in [-0.2, 0) is 10.3 Å². The quantitative estimate of drug-likeness (QED) is 0.517. The fraction of sp³-hybridized carbons (Fsp3) is 0.286. The summed E-state index contributed by atoms with van der Waals surface area (Å²) in [5.41, 5.74) is 5.02. The van der Waals surface area contributed by atoms with Gasteiger partial charge < -0.3 is 10.5 Å². The van der Waals surface area contributed by atoms with Gasteiger partial charge in [-0.1, -0.05) is 17.5 Å². The zero-order chi connectivity index (χ0) is 23.0. The van der Waals surface area contributed by atoms with Crippen molar-refractivity contribution < 1.29 is 22.3 Å². The summed E-state index contributed by atoms with van der Waals surface area (Å²) in [7, 11) is 0.